The molecule has 88 valence electrons. The largest absolute Gasteiger partial charge is 0.508 e. The van der Waals surface area contributed by atoms with E-state index >= 15 is 0 Å². The van der Waals surface area contributed by atoms with Gasteiger partial charge in [-0.05, 0) is 55.2 Å². The fraction of sp³-hybridized carbons (Fsp3) is 0.200. The molecule has 2 aromatic carbocycles. The number of benzene rings is 2. The first-order chi connectivity index (χ1) is 7.99. The summed E-state index contributed by atoms with van der Waals surface area (Å²) in [6.07, 6.45) is 0. The fourth-order valence-corrected chi connectivity index (χ4v) is 1.88. The van der Waals surface area contributed by atoms with Gasteiger partial charge < -0.3 is 10.2 Å². The topological polar surface area (TPSA) is 40.5 Å². The Bertz CT molecular complexity index is 548. The third kappa shape index (κ3) is 2.11. The van der Waals surface area contributed by atoms with Crippen LogP contribution in [0.1, 0.15) is 16.7 Å². The molecule has 0 aliphatic carbocycles. The predicted molar refractivity (Wildman–Crippen MR) is 69.4 cm³/mol. The van der Waals surface area contributed by atoms with Crippen molar-refractivity contribution in [2.75, 3.05) is 0 Å². The molecule has 0 fully saturated rings. The SMILES string of the molecule is Cc1ccc(-c2cc(C)c(C)c(O)c2)c(O)c1. The van der Waals surface area contributed by atoms with Crippen LogP contribution >= 0.6 is 0 Å². The van der Waals surface area contributed by atoms with Gasteiger partial charge in [0.2, 0.25) is 0 Å². The molecule has 0 saturated carbocycles. The highest BCUT2D eigenvalue weighted by molar-refractivity contribution is 5.73. The number of hydrogen-bond donors (Lipinski definition) is 2. The van der Waals surface area contributed by atoms with Crippen LogP contribution in [0.15, 0.2) is 30.3 Å². The zero-order valence-corrected chi connectivity index (χ0v) is 10.3. The standard InChI is InChI=1S/C15H16O2/c1-9-4-5-13(15(17)6-9)12-7-10(2)11(3)14(16)8-12/h4-8,16-17H,1-3H3. The molecule has 0 spiro atoms. The summed E-state index contributed by atoms with van der Waals surface area (Å²) < 4.78 is 0. The summed E-state index contributed by atoms with van der Waals surface area (Å²) >= 11 is 0. The van der Waals surface area contributed by atoms with Crippen molar-refractivity contribution in [3.8, 4) is 22.6 Å². The molecule has 0 heterocycles. The van der Waals surface area contributed by atoms with E-state index in [0.717, 1.165) is 27.8 Å². The fourth-order valence-electron chi connectivity index (χ4n) is 1.88. The van der Waals surface area contributed by atoms with E-state index in [1.54, 1.807) is 12.1 Å². The smallest absolute Gasteiger partial charge is 0.123 e. The molecule has 0 unspecified atom stereocenters. The first kappa shape index (κ1) is 11.5. The summed E-state index contributed by atoms with van der Waals surface area (Å²) in [5.74, 6) is 0.507. The van der Waals surface area contributed by atoms with Crippen LogP contribution < -0.4 is 0 Å². The van der Waals surface area contributed by atoms with Crippen molar-refractivity contribution in [2.45, 2.75) is 20.8 Å². The van der Waals surface area contributed by atoms with E-state index in [2.05, 4.69) is 0 Å². The Morgan fingerprint density at radius 3 is 2.12 bits per heavy atom. The molecule has 2 aromatic rings. The highest BCUT2D eigenvalue weighted by Crippen LogP contribution is 2.34. The maximum Gasteiger partial charge on any atom is 0.123 e. The van der Waals surface area contributed by atoms with E-state index in [9.17, 15) is 10.2 Å². The first-order valence-electron chi connectivity index (χ1n) is 5.59. The lowest BCUT2D eigenvalue weighted by atomic mass is 9.98. The third-order valence-corrected chi connectivity index (χ3v) is 3.10. The van der Waals surface area contributed by atoms with Gasteiger partial charge in [-0.3, -0.25) is 0 Å². The molecule has 2 nitrogen and oxygen atoms in total. The van der Waals surface area contributed by atoms with Crippen molar-refractivity contribution in [2.24, 2.45) is 0 Å². The lowest BCUT2D eigenvalue weighted by Gasteiger charge is -2.10. The average molecular weight is 228 g/mol. The average Bonchev–Trinajstić information content (AvgIpc) is 2.25. The van der Waals surface area contributed by atoms with Crippen LogP contribution in [-0.2, 0) is 0 Å². The molecule has 2 N–H and O–H groups in total. The monoisotopic (exact) mass is 228 g/mol. The number of aromatic hydroxyl groups is 2. The molecule has 0 aromatic heterocycles. The second kappa shape index (κ2) is 4.13. The Labute approximate surface area is 101 Å². The Morgan fingerprint density at radius 2 is 1.53 bits per heavy atom. The minimum absolute atomic E-state index is 0.243. The van der Waals surface area contributed by atoms with Crippen LogP contribution in [0, 0.1) is 20.8 Å². The van der Waals surface area contributed by atoms with Crippen molar-refractivity contribution >= 4 is 0 Å². The van der Waals surface area contributed by atoms with E-state index < -0.39 is 0 Å². The minimum atomic E-state index is 0.243. The maximum atomic E-state index is 9.91. The Kier molecular flexibility index (Phi) is 2.80. The van der Waals surface area contributed by atoms with Crippen LogP contribution in [-0.4, -0.2) is 10.2 Å². The zero-order chi connectivity index (χ0) is 12.6. The van der Waals surface area contributed by atoms with Crippen LogP contribution in [0.25, 0.3) is 11.1 Å². The molecule has 2 rings (SSSR count). The number of phenols is 2. The molecule has 0 saturated heterocycles. The van der Waals surface area contributed by atoms with Gasteiger partial charge in [0, 0.05) is 5.56 Å². The lowest BCUT2D eigenvalue weighted by molar-refractivity contribution is 0.470. The van der Waals surface area contributed by atoms with Crippen molar-refractivity contribution in [1.82, 2.24) is 0 Å². The molecule has 0 bridgehead atoms. The highest BCUT2D eigenvalue weighted by atomic mass is 16.3. The van der Waals surface area contributed by atoms with Gasteiger partial charge in [-0.15, -0.1) is 0 Å². The molecular weight excluding hydrogens is 212 g/mol. The van der Waals surface area contributed by atoms with Crippen molar-refractivity contribution < 1.29 is 10.2 Å². The van der Waals surface area contributed by atoms with Gasteiger partial charge in [-0.25, -0.2) is 0 Å². The molecule has 2 heteroatoms. The van der Waals surface area contributed by atoms with E-state index in [1.165, 1.54) is 0 Å². The Morgan fingerprint density at radius 1 is 0.824 bits per heavy atom. The third-order valence-electron chi connectivity index (χ3n) is 3.10. The normalized spacial score (nSPS) is 10.5. The van der Waals surface area contributed by atoms with Gasteiger partial charge in [0.25, 0.3) is 0 Å². The molecule has 17 heavy (non-hydrogen) atoms. The Hall–Kier alpha value is -1.96. The van der Waals surface area contributed by atoms with Gasteiger partial charge in [0.1, 0.15) is 11.5 Å². The van der Waals surface area contributed by atoms with Crippen molar-refractivity contribution in [3.05, 3.63) is 47.0 Å². The molecule has 0 atom stereocenters. The summed E-state index contributed by atoms with van der Waals surface area (Å²) in [6, 6.07) is 9.20. The van der Waals surface area contributed by atoms with Crippen LogP contribution in [0.5, 0.6) is 11.5 Å². The number of aryl methyl sites for hydroxylation is 2. The second-order valence-corrected chi connectivity index (χ2v) is 4.46. The van der Waals surface area contributed by atoms with Gasteiger partial charge >= 0.3 is 0 Å². The van der Waals surface area contributed by atoms with Crippen molar-refractivity contribution in [1.29, 1.82) is 0 Å². The molecule has 0 radical (unpaired) electrons. The van der Waals surface area contributed by atoms with E-state index in [-0.39, 0.29) is 11.5 Å². The summed E-state index contributed by atoms with van der Waals surface area (Å²) in [6.45, 7) is 5.76. The number of phenolic OH excluding ortho intramolecular Hbond substituents is 2. The summed E-state index contributed by atoms with van der Waals surface area (Å²) in [4.78, 5) is 0. The maximum absolute atomic E-state index is 9.91. The molecule has 0 amide bonds. The molecule has 0 aliphatic rings. The van der Waals surface area contributed by atoms with Crippen LogP contribution in [0.4, 0.5) is 0 Å². The second-order valence-electron chi connectivity index (χ2n) is 4.46. The Balaban J connectivity index is 2.61. The van der Waals surface area contributed by atoms with Gasteiger partial charge in [0.05, 0.1) is 0 Å². The minimum Gasteiger partial charge on any atom is -0.508 e. The summed E-state index contributed by atoms with van der Waals surface area (Å²) in [5.41, 5.74) is 4.48. The quantitative estimate of drug-likeness (QED) is 0.781. The molecule has 0 aliphatic heterocycles. The number of hydrogen-bond acceptors (Lipinski definition) is 2. The lowest BCUT2D eigenvalue weighted by Crippen LogP contribution is -1.86. The van der Waals surface area contributed by atoms with Crippen LogP contribution in [0.3, 0.4) is 0 Å². The zero-order valence-electron chi connectivity index (χ0n) is 10.3. The van der Waals surface area contributed by atoms with Crippen molar-refractivity contribution in [3.63, 3.8) is 0 Å². The number of rotatable bonds is 1. The van der Waals surface area contributed by atoms with Gasteiger partial charge in [-0.2, -0.15) is 0 Å². The summed E-state index contributed by atoms with van der Waals surface area (Å²) in [7, 11) is 0. The predicted octanol–water partition coefficient (Wildman–Crippen LogP) is 3.69. The first-order valence-corrected chi connectivity index (χ1v) is 5.59. The van der Waals surface area contributed by atoms with E-state index in [4.69, 9.17) is 0 Å². The van der Waals surface area contributed by atoms with Crippen LogP contribution in [0.2, 0.25) is 0 Å². The molecular formula is C15H16O2. The highest BCUT2D eigenvalue weighted by Gasteiger charge is 2.08. The van der Waals surface area contributed by atoms with Gasteiger partial charge in [0.15, 0.2) is 0 Å². The van der Waals surface area contributed by atoms with E-state index in [0.29, 0.717) is 0 Å². The summed E-state index contributed by atoms with van der Waals surface area (Å²) in [5, 5.41) is 19.7. The van der Waals surface area contributed by atoms with E-state index in [1.807, 2.05) is 39.0 Å². The van der Waals surface area contributed by atoms with Gasteiger partial charge in [-0.1, -0.05) is 18.2 Å².